The fourth-order valence-corrected chi connectivity index (χ4v) is 4.52. The molecule has 0 saturated heterocycles. The average molecular weight is 550 g/mol. The Labute approximate surface area is 234 Å². The molecule has 5 aromatic rings. The first-order valence-electron chi connectivity index (χ1n) is 12.8. The molecule has 2 heterocycles. The Morgan fingerprint density at radius 1 is 0.878 bits per heavy atom. The summed E-state index contributed by atoms with van der Waals surface area (Å²) < 4.78 is 32.0. The molecule has 0 bridgehead atoms. The van der Waals surface area contributed by atoms with E-state index in [1.54, 1.807) is 60.7 Å². The number of benzene rings is 4. The van der Waals surface area contributed by atoms with Crippen LogP contribution in [0.15, 0.2) is 91.0 Å². The van der Waals surface area contributed by atoms with E-state index in [-0.39, 0.29) is 18.6 Å². The van der Waals surface area contributed by atoms with Crippen LogP contribution in [0, 0.1) is 12.7 Å². The van der Waals surface area contributed by atoms with Crippen LogP contribution >= 0.6 is 0 Å². The predicted octanol–water partition coefficient (Wildman–Crippen LogP) is 6.56. The van der Waals surface area contributed by atoms with Crippen molar-refractivity contribution in [3.05, 3.63) is 108 Å². The van der Waals surface area contributed by atoms with Gasteiger partial charge in [0.25, 0.3) is 5.91 Å². The minimum atomic E-state index is -0.547. The van der Waals surface area contributed by atoms with E-state index >= 15 is 0 Å². The van der Waals surface area contributed by atoms with Crippen LogP contribution in [0.4, 0.5) is 10.1 Å². The number of anilines is 1. The molecule has 8 nitrogen and oxygen atoms in total. The van der Waals surface area contributed by atoms with Crippen LogP contribution in [0.3, 0.4) is 0 Å². The van der Waals surface area contributed by atoms with Crippen LogP contribution in [0.5, 0.6) is 17.4 Å². The Morgan fingerprint density at radius 2 is 1.56 bits per heavy atom. The standard InChI is InChI=1S/C32H24FN3O5/c1-19-3-5-22(6-4-19)31(38)34-25-12-7-21(8-13-25)29-30(23-9-16-27-28(17-23)40-18-39-27)35-36(32(29)41-20(2)37)26-14-10-24(33)11-15-26/h3-17H,18H2,1-2H3,(H,34,38). The zero-order chi connectivity index (χ0) is 28.5. The lowest BCUT2D eigenvalue weighted by atomic mass is 10.0. The van der Waals surface area contributed by atoms with Crippen molar-refractivity contribution in [3.8, 4) is 45.5 Å². The molecule has 1 aliphatic heterocycles. The summed E-state index contributed by atoms with van der Waals surface area (Å²) in [5.41, 5.74) is 5.09. The Hall–Kier alpha value is -5.44. The van der Waals surface area contributed by atoms with Gasteiger partial charge in [0.15, 0.2) is 11.5 Å². The topological polar surface area (TPSA) is 91.7 Å². The second-order valence-corrected chi connectivity index (χ2v) is 9.48. The highest BCUT2D eigenvalue weighted by atomic mass is 19.1. The minimum Gasteiger partial charge on any atom is -0.454 e. The summed E-state index contributed by atoms with van der Waals surface area (Å²) in [6, 6.07) is 25.6. The van der Waals surface area contributed by atoms with Crippen molar-refractivity contribution >= 4 is 17.6 Å². The fourth-order valence-electron chi connectivity index (χ4n) is 4.52. The highest BCUT2D eigenvalue weighted by Gasteiger charge is 2.26. The summed E-state index contributed by atoms with van der Waals surface area (Å²) in [5, 5.41) is 7.71. The predicted molar refractivity (Wildman–Crippen MR) is 151 cm³/mol. The van der Waals surface area contributed by atoms with Gasteiger partial charge in [0.2, 0.25) is 12.7 Å². The highest BCUT2D eigenvalue weighted by Crippen LogP contribution is 2.44. The van der Waals surface area contributed by atoms with Crippen molar-refractivity contribution in [2.45, 2.75) is 13.8 Å². The van der Waals surface area contributed by atoms with E-state index in [4.69, 9.17) is 19.3 Å². The lowest BCUT2D eigenvalue weighted by Crippen LogP contribution is -2.11. The van der Waals surface area contributed by atoms with E-state index < -0.39 is 11.8 Å². The molecule has 0 saturated carbocycles. The Balaban J connectivity index is 1.45. The number of halogens is 1. The first-order chi connectivity index (χ1) is 19.9. The first kappa shape index (κ1) is 25.8. The van der Waals surface area contributed by atoms with E-state index in [1.165, 1.54) is 23.7 Å². The first-order valence-corrected chi connectivity index (χ1v) is 12.8. The SMILES string of the molecule is CC(=O)Oc1c(-c2ccc(NC(=O)c3ccc(C)cc3)cc2)c(-c2ccc3c(c2)OCO3)nn1-c1ccc(F)cc1. The number of nitrogens with one attached hydrogen (secondary N) is 1. The van der Waals surface area contributed by atoms with Gasteiger partial charge in [-0.1, -0.05) is 29.8 Å². The number of aryl methyl sites for hydroxylation is 1. The Kier molecular flexibility index (Phi) is 6.68. The minimum absolute atomic E-state index is 0.115. The second kappa shape index (κ2) is 10.6. The number of amides is 1. The summed E-state index contributed by atoms with van der Waals surface area (Å²) >= 11 is 0. The molecule has 4 aromatic carbocycles. The van der Waals surface area contributed by atoms with Gasteiger partial charge in [-0.2, -0.15) is 9.78 Å². The number of esters is 1. The van der Waals surface area contributed by atoms with Crippen molar-refractivity contribution in [3.63, 3.8) is 0 Å². The lowest BCUT2D eigenvalue weighted by Gasteiger charge is -2.11. The van der Waals surface area contributed by atoms with Crippen molar-refractivity contribution in [2.75, 3.05) is 12.1 Å². The third kappa shape index (κ3) is 5.25. The molecule has 1 aliphatic rings. The van der Waals surface area contributed by atoms with Crippen LogP contribution in [0.1, 0.15) is 22.8 Å². The van der Waals surface area contributed by atoms with E-state index in [2.05, 4.69) is 5.32 Å². The van der Waals surface area contributed by atoms with Gasteiger partial charge < -0.3 is 19.5 Å². The fraction of sp³-hybridized carbons (Fsp3) is 0.0938. The number of ether oxygens (including phenoxy) is 3. The number of hydrogen-bond acceptors (Lipinski definition) is 6. The lowest BCUT2D eigenvalue weighted by molar-refractivity contribution is -0.132. The molecule has 0 radical (unpaired) electrons. The molecule has 0 spiro atoms. The maximum atomic E-state index is 13.7. The molecule has 0 aliphatic carbocycles. The molecule has 0 unspecified atom stereocenters. The molecular formula is C32H24FN3O5. The highest BCUT2D eigenvalue weighted by molar-refractivity contribution is 6.04. The molecule has 204 valence electrons. The summed E-state index contributed by atoms with van der Waals surface area (Å²) in [6.07, 6.45) is 0. The van der Waals surface area contributed by atoms with E-state index in [9.17, 15) is 14.0 Å². The van der Waals surface area contributed by atoms with Gasteiger partial charge in [-0.3, -0.25) is 9.59 Å². The molecule has 6 rings (SSSR count). The Bertz CT molecular complexity index is 1760. The zero-order valence-electron chi connectivity index (χ0n) is 22.2. The molecule has 0 fully saturated rings. The number of carbonyl (C=O) groups is 2. The van der Waals surface area contributed by atoms with Crippen molar-refractivity contribution in [2.24, 2.45) is 0 Å². The monoisotopic (exact) mass is 549 g/mol. The third-order valence-corrected chi connectivity index (χ3v) is 6.55. The number of nitrogens with zero attached hydrogens (tertiary/aromatic N) is 2. The summed E-state index contributed by atoms with van der Waals surface area (Å²) in [5.74, 6) is 0.148. The third-order valence-electron chi connectivity index (χ3n) is 6.55. The van der Waals surface area contributed by atoms with Crippen LogP contribution < -0.4 is 19.5 Å². The van der Waals surface area contributed by atoms with Gasteiger partial charge in [-0.15, -0.1) is 0 Å². The van der Waals surface area contributed by atoms with Crippen molar-refractivity contribution in [1.82, 2.24) is 9.78 Å². The molecule has 9 heteroatoms. The quantitative estimate of drug-likeness (QED) is 0.241. The Morgan fingerprint density at radius 3 is 2.27 bits per heavy atom. The van der Waals surface area contributed by atoms with Gasteiger partial charge >= 0.3 is 5.97 Å². The summed E-state index contributed by atoms with van der Waals surface area (Å²) in [7, 11) is 0. The van der Waals surface area contributed by atoms with Crippen LogP contribution in [0.25, 0.3) is 28.1 Å². The van der Waals surface area contributed by atoms with Crippen molar-refractivity contribution in [1.29, 1.82) is 0 Å². The molecule has 0 atom stereocenters. The molecular weight excluding hydrogens is 525 g/mol. The van der Waals surface area contributed by atoms with Crippen LogP contribution in [0.2, 0.25) is 0 Å². The van der Waals surface area contributed by atoms with Gasteiger partial charge in [-0.05, 0) is 79.2 Å². The largest absolute Gasteiger partial charge is 0.454 e. The molecule has 1 aromatic heterocycles. The molecule has 1 amide bonds. The van der Waals surface area contributed by atoms with E-state index in [0.29, 0.717) is 50.8 Å². The normalized spacial score (nSPS) is 11.8. The zero-order valence-corrected chi connectivity index (χ0v) is 22.2. The van der Waals surface area contributed by atoms with E-state index in [0.717, 1.165) is 5.56 Å². The summed E-state index contributed by atoms with van der Waals surface area (Å²) in [4.78, 5) is 25.0. The smallest absolute Gasteiger partial charge is 0.309 e. The molecule has 41 heavy (non-hydrogen) atoms. The average Bonchev–Trinajstić information content (AvgIpc) is 3.58. The van der Waals surface area contributed by atoms with Crippen LogP contribution in [-0.4, -0.2) is 28.4 Å². The van der Waals surface area contributed by atoms with Gasteiger partial charge in [-0.25, -0.2) is 4.39 Å². The van der Waals surface area contributed by atoms with Gasteiger partial charge in [0, 0.05) is 23.7 Å². The van der Waals surface area contributed by atoms with Gasteiger partial charge in [0.1, 0.15) is 11.5 Å². The van der Waals surface area contributed by atoms with Gasteiger partial charge in [0.05, 0.1) is 11.3 Å². The second-order valence-electron chi connectivity index (χ2n) is 9.48. The number of aromatic nitrogens is 2. The van der Waals surface area contributed by atoms with Crippen molar-refractivity contribution < 1.29 is 28.2 Å². The number of carbonyl (C=O) groups excluding carboxylic acids is 2. The maximum Gasteiger partial charge on any atom is 0.309 e. The van der Waals surface area contributed by atoms with E-state index in [1.807, 2.05) is 25.1 Å². The number of rotatable bonds is 6. The maximum absolute atomic E-state index is 13.7. The number of fused-ring (bicyclic) bond motifs is 1. The number of hydrogen-bond donors (Lipinski definition) is 1. The van der Waals surface area contributed by atoms with Crippen LogP contribution in [-0.2, 0) is 4.79 Å². The molecule has 1 N–H and O–H groups in total. The summed E-state index contributed by atoms with van der Waals surface area (Å²) in [6.45, 7) is 3.38.